The Hall–Kier alpha value is -0.120. The van der Waals surface area contributed by atoms with Crippen LogP contribution in [0.5, 0.6) is 0 Å². The maximum Gasteiger partial charge on any atom is 0.0431 e. The predicted molar refractivity (Wildman–Crippen MR) is 61.3 cm³/mol. The fourth-order valence-electron chi connectivity index (χ4n) is 1.57. The zero-order valence-corrected chi connectivity index (χ0v) is 9.71. The highest BCUT2D eigenvalue weighted by molar-refractivity contribution is 4.63. The van der Waals surface area contributed by atoms with Crippen molar-refractivity contribution < 1.29 is 5.11 Å². The van der Waals surface area contributed by atoms with Gasteiger partial charge in [-0.1, -0.05) is 12.8 Å². The van der Waals surface area contributed by atoms with E-state index in [1.807, 2.05) is 0 Å². The lowest BCUT2D eigenvalue weighted by Gasteiger charge is -2.25. The Morgan fingerprint density at radius 2 is 1.71 bits per heavy atom. The van der Waals surface area contributed by atoms with Crippen molar-refractivity contribution in [1.29, 1.82) is 0 Å². The first-order valence-corrected chi connectivity index (χ1v) is 5.77. The molecule has 0 aliphatic carbocycles. The number of nitrogens with zero attached hydrogens (tertiary/aromatic N) is 1. The standard InChI is InChI=1S/C11H26N2O/c1-11(2)13(9-7-12)8-5-3-4-6-10-14/h11,14H,3-10,12H2,1-2H3. The molecule has 14 heavy (non-hydrogen) atoms. The minimum Gasteiger partial charge on any atom is -0.396 e. The Bertz CT molecular complexity index is 118. The molecule has 0 unspecified atom stereocenters. The van der Waals surface area contributed by atoms with Gasteiger partial charge in [0.15, 0.2) is 0 Å². The molecule has 86 valence electrons. The zero-order chi connectivity index (χ0) is 10.8. The van der Waals surface area contributed by atoms with Crippen molar-refractivity contribution in [2.75, 3.05) is 26.2 Å². The first kappa shape index (κ1) is 13.9. The van der Waals surface area contributed by atoms with Gasteiger partial charge in [0.1, 0.15) is 0 Å². The van der Waals surface area contributed by atoms with Crippen molar-refractivity contribution in [3.63, 3.8) is 0 Å². The van der Waals surface area contributed by atoms with E-state index < -0.39 is 0 Å². The van der Waals surface area contributed by atoms with Crippen LogP contribution in [0.2, 0.25) is 0 Å². The van der Waals surface area contributed by atoms with Crippen LogP contribution in [0, 0.1) is 0 Å². The van der Waals surface area contributed by atoms with Crippen molar-refractivity contribution >= 4 is 0 Å². The molecule has 0 rings (SSSR count). The first-order chi connectivity index (χ1) is 6.72. The molecule has 3 N–H and O–H groups in total. The van der Waals surface area contributed by atoms with Gasteiger partial charge in [0.05, 0.1) is 0 Å². The van der Waals surface area contributed by atoms with Gasteiger partial charge in [-0.15, -0.1) is 0 Å². The monoisotopic (exact) mass is 202 g/mol. The van der Waals surface area contributed by atoms with E-state index in [1.165, 1.54) is 12.8 Å². The van der Waals surface area contributed by atoms with E-state index in [-0.39, 0.29) is 0 Å². The minimum absolute atomic E-state index is 0.330. The van der Waals surface area contributed by atoms with Crippen LogP contribution in [0.15, 0.2) is 0 Å². The van der Waals surface area contributed by atoms with Crippen LogP contribution >= 0.6 is 0 Å². The lowest BCUT2D eigenvalue weighted by atomic mass is 10.2. The third kappa shape index (κ3) is 7.30. The van der Waals surface area contributed by atoms with Gasteiger partial charge >= 0.3 is 0 Å². The molecule has 0 amide bonds. The summed E-state index contributed by atoms with van der Waals surface area (Å²) in [5, 5.41) is 8.62. The van der Waals surface area contributed by atoms with E-state index in [0.717, 1.165) is 32.5 Å². The fourth-order valence-corrected chi connectivity index (χ4v) is 1.57. The van der Waals surface area contributed by atoms with E-state index >= 15 is 0 Å². The van der Waals surface area contributed by atoms with Crippen LogP contribution < -0.4 is 5.73 Å². The topological polar surface area (TPSA) is 49.5 Å². The van der Waals surface area contributed by atoms with Gasteiger partial charge in [0, 0.05) is 25.7 Å². The Labute approximate surface area is 88.3 Å². The average molecular weight is 202 g/mol. The summed E-state index contributed by atoms with van der Waals surface area (Å²) >= 11 is 0. The van der Waals surface area contributed by atoms with Gasteiger partial charge in [-0.25, -0.2) is 0 Å². The van der Waals surface area contributed by atoms with Gasteiger partial charge in [0.25, 0.3) is 0 Å². The normalized spacial score (nSPS) is 11.6. The molecule has 0 aromatic rings. The number of aliphatic hydroxyl groups excluding tert-OH is 1. The molecule has 0 atom stereocenters. The highest BCUT2D eigenvalue weighted by Gasteiger charge is 2.06. The number of aliphatic hydroxyl groups is 1. The summed E-state index contributed by atoms with van der Waals surface area (Å²) in [5.41, 5.74) is 5.54. The van der Waals surface area contributed by atoms with Crippen LogP contribution in [0.3, 0.4) is 0 Å². The number of hydrogen-bond donors (Lipinski definition) is 2. The van der Waals surface area contributed by atoms with Gasteiger partial charge in [-0.3, -0.25) is 4.90 Å². The smallest absolute Gasteiger partial charge is 0.0431 e. The Morgan fingerprint density at radius 3 is 2.21 bits per heavy atom. The summed E-state index contributed by atoms with van der Waals surface area (Å²) in [6.07, 6.45) is 4.52. The minimum atomic E-state index is 0.330. The van der Waals surface area contributed by atoms with Crippen LogP contribution in [0.4, 0.5) is 0 Å². The molecule has 3 nitrogen and oxygen atoms in total. The Kier molecular flexibility index (Phi) is 9.35. The van der Waals surface area contributed by atoms with Crippen LogP contribution in [0.25, 0.3) is 0 Å². The fraction of sp³-hybridized carbons (Fsp3) is 1.00. The summed E-state index contributed by atoms with van der Waals surface area (Å²) in [5.74, 6) is 0. The molecule has 0 spiro atoms. The highest BCUT2D eigenvalue weighted by Crippen LogP contribution is 2.04. The summed E-state index contributed by atoms with van der Waals surface area (Å²) in [7, 11) is 0. The van der Waals surface area contributed by atoms with E-state index in [4.69, 9.17) is 10.8 Å². The molecular weight excluding hydrogens is 176 g/mol. The molecule has 0 saturated heterocycles. The van der Waals surface area contributed by atoms with Gasteiger partial charge in [-0.05, 0) is 33.2 Å². The van der Waals surface area contributed by atoms with Crippen LogP contribution in [-0.4, -0.2) is 42.3 Å². The summed E-state index contributed by atoms with van der Waals surface area (Å²) in [4.78, 5) is 2.42. The highest BCUT2D eigenvalue weighted by atomic mass is 16.2. The van der Waals surface area contributed by atoms with Gasteiger partial charge in [-0.2, -0.15) is 0 Å². The second-order valence-electron chi connectivity index (χ2n) is 4.06. The van der Waals surface area contributed by atoms with E-state index in [1.54, 1.807) is 0 Å². The second-order valence-corrected chi connectivity index (χ2v) is 4.06. The molecule has 3 heteroatoms. The van der Waals surface area contributed by atoms with Crippen LogP contribution in [0.1, 0.15) is 39.5 Å². The van der Waals surface area contributed by atoms with E-state index in [0.29, 0.717) is 12.6 Å². The largest absolute Gasteiger partial charge is 0.396 e. The number of rotatable bonds is 9. The van der Waals surface area contributed by atoms with E-state index in [9.17, 15) is 0 Å². The average Bonchev–Trinajstić information content (AvgIpc) is 2.15. The maximum atomic E-state index is 8.62. The summed E-state index contributed by atoms with van der Waals surface area (Å²) in [6, 6.07) is 0.594. The van der Waals surface area contributed by atoms with Gasteiger partial charge in [0.2, 0.25) is 0 Å². The van der Waals surface area contributed by atoms with Crippen LogP contribution in [-0.2, 0) is 0 Å². The third-order valence-corrected chi connectivity index (χ3v) is 2.50. The van der Waals surface area contributed by atoms with E-state index in [2.05, 4.69) is 18.7 Å². The zero-order valence-electron chi connectivity index (χ0n) is 9.71. The summed E-state index contributed by atoms with van der Waals surface area (Å²) in [6.45, 7) is 7.64. The molecule has 0 radical (unpaired) electrons. The molecule has 0 saturated carbocycles. The molecule has 0 fully saturated rings. The van der Waals surface area contributed by atoms with Crippen molar-refractivity contribution in [2.24, 2.45) is 5.73 Å². The molecule has 0 aromatic carbocycles. The quantitative estimate of drug-likeness (QED) is 0.553. The molecular formula is C11H26N2O. The SMILES string of the molecule is CC(C)N(CCN)CCCCCCO. The molecule has 0 aliphatic rings. The summed E-state index contributed by atoms with van der Waals surface area (Å²) < 4.78 is 0. The van der Waals surface area contributed by atoms with Crippen molar-refractivity contribution in [1.82, 2.24) is 4.90 Å². The Balaban J connectivity index is 3.41. The third-order valence-electron chi connectivity index (χ3n) is 2.50. The number of nitrogens with two attached hydrogens (primary N) is 1. The number of unbranched alkanes of at least 4 members (excludes halogenated alkanes) is 3. The number of hydrogen-bond acceptors (Lipinski definition) is 3. The molecule has 0 aromatic heterocycles. The molecule has 0 heterocycles. The first-order valence-electron chi connectivity index (χ1n) is 5.77. The predicted octanol–water partition coefficient (Wildman–Crippen LogP) is 1.21. The van der Waals surface area contributed by atoms with Crippen molar-refractivity contribution in [2.45, 2.75) is 45.6 Å². The van der Waals surface area contributed by atoms with Crippen molar-refractivity contribution in [3.8, 4) is 0 Å². The maximum absolute atomic E-state index is 8.62. The lowest BCUT2D eigenvalue weighted by Crippen LogP contribution is -2.36. The second kappa shape index (κ2) is 9.44. The molecule has 0 aliphatic heterocycles. The lowest BCUT2D eigenvalue weighted by molar-refractivity contribution is 0.221. The van der Waals surface area contributed by atoms with Gasteiger partial charge < -0.3 is 10.8 Å². The van der Waals surface area contributed by atoms with Crippen molar-refractivity contribution in [3.05, 3.63) is 0 Å². The Morgan fingerprint density at radius 1 is 1.07 bits per heavy atom. The molecule has 0 bridgehead atoms.